The molecule has 3 aromatic rings. The number of pyridine rings is 1. The molecule has 26 heavy (non-hydrogen) atoms. The summed E-state index contributed by atoms with van der Waals surface area (Å²) in [6, 6.07) is 6.60. The molecule has 7 heteroatoms. The van der Waals surface area contributed by atoms with E-state index in [1.165, 1.54) is 6.07 Å². The number of benzene rings is 1. The van der Waals surface area contributed by atoms with Crippen molar-refractivity contribution >= 4 is 11.0 Å². The molecule has 1 aromatic carbocycles. The minimum Gasteiger partial charge on any atom is -0.423 e. The summed E-state index contributed by atoms with van der Waals surface area (Å²) in [5.41, 5.74) is 1.05. The van der Waals surface area contributed by atoms with Gasteiger partial charge in [-0.05, 0) is 54.2 Å². The summed E-state index contributed by atoms with van der Waals surface area (Å²) in [6.07, 6.45) is -0.942. The van der Waals surface area contributed by atoms with Gasteiger partial charge >= 0.3 is 11.8 Å². The second-order valence-electron chi connectivity index (χ2n) is 6.44. The topological polar surface area (TPSA) is 52.2 Å². The first kappa shape index (κ1) is 16.6. The fraction of sp³-hybridized carbons (Fsp3) is 0.263. The van der Waals surface area contributed by atoms with E-state index in [0.29, 0.717) is 16.5 Å². The molecule has 4 rings (SSSR count). The normalized spacial score (nSPS) is 14.0. The molecule has 0 saturated carbocycles. The zero-order chi connectivity index (χ0) is 18.5. The molecule has 0 unspecified atom stereocenters. The Hall–Kier alpha value is -2.83. The van der Waals surface area contributed by atoms with Crippen LogP contribution in [0.5, 0.6) is 0 Å². The van der Waals surface area contributed by atoms with Crippen LogP contribution in [0.25, 0.3) is 11.0 Å². The molecule has 134 valence electrons. The van der Waals surface area contributed by atoms with Crippen molar-refractivity contribution < 1.29 is 17.6 Å². The first-order valence-corrected chi connectivity index (χ1v) is 8.17. The lowest BCUT2D eigenvalue weighted by Gasteiger charge is -2.12. The van der Waals surface area contributed by atoms with Gasteiger partial charge < -0.3 is 8.98 Å². The van der Waals surface area contributed by atoms with Gasteiger partial charge in [-0.1, -0.05) is 0 Å². The maximum atomic E-state index is 12.9. The van der Waals surface area contributed by atoms with Gasteiger partial charge in [0.15, 0.2) is 0 Å². The van der Waals surface area contributed by atoms with Crippen LogP contribution < -0.4 is 11.2 Å². The molecule has 0 bridgehead atoms. The minimum absolute atomic E-state index is 0.135. The number of halogens is 3. The summed E-state index contributed by atoms with van der Waals surface area (Å²) in [6.45, 7) is -0.135. The Morgan fingerprint density at radius 1 is 1.04 bits per heavy atom. The number of hydrogen-bond donors (Lipinski definition) is 0. The Labute approximate surface area is 145 Å². The van der Waals surface area contributed by atoms with Gasteiger partial charge in [0.1, 0.15) is 5.58 Å². The molecule has 0 spiro atoms. The second kappa shape index (κ2) is 5.86. The first-order valence-electron chi connectivity index (χ1n) is 8.17. The molecule has 0 radical (unpaired) electrons. The number of rotatable bonds is 2. The zero-order valence-corrected chi connectivity index (χ0v) is 13.6. The molecule has 4 nitrogen and oxygen atoms in total. The van der Waals surface area contributed by atoms with E-state index in [1.54, 1.807) is 0 Å². The van der Waals surface area contributed by atoms with Crippen molar-refractivity contribution in [2.45, 2.75) is 32.0 Å². The van der Waals surface area contributed by atoms with Crippen LogP contribution in [0.2, 0.25) is 0 Å². The van der Waals surface area contributed by atoms with Crippen LogP contribution >= 0.6 is 0 Å². The maximum Gasteiger partial charge on any atom is 0.417 e. The van der Waals surface area contributed by atoms with Crippen molar-refractivity contribution in [3.63, 3.8) is 0 Å². The van der Waals surface area contributed by atoms with Crippen LogP contribution in [0.1, 0.15) is 28.7 Å². The maximum absolute atomic E-state index is 12.9. The third kappa shape index (κ3) is 2.94. The van der Waals surface area contributed by atoms with Crippen LogP contribution in [0.15, 0.2) is 50.5 Å². The summed E-state index contributed by atoms with van der Waals surface area (Å²) in [4.78, 5) is 23.9. The molecule has 0 N–H and O–H groups in total. The Kier molecular flexibility index (Phi) is 3.75. The minimum atomic E-state index is -4.55. The number of nitrogens with zero attached hydrogens (tertiary/aromatic N) is 1. The largest absolute Gasteiger partial charge is 0.423 e. The summed E-state index contributed by atoms with van der Waals surface area (Å²) in [7, 11) is 0. The lowest BCUT2D eigenvalue weighted by Crippen LogP contribution is -2.22. The molecule has 0 saturated heterocycles. The fourth-order valence-corrected chi connectivity index (χ4v) is 3.43. The third-order valence-electron chi connectivity index (χ3n) is 4.69. The SMILES string of the molecule is O=c1cc(Cn2cc(C(F)(F)F)ccc2=O)c2cc3c(cc2o1)CCC3. The van der Waals surface area contributed by atoms with Gasteiger partial charge in [0, 0.05) is 23.7 Å². The average Bonchev–Trinajstić information content (AvgIpc) is 3.01. The molecule has 0 aliphatic heterocycles. The number of aryl methyl sites for hydroxylation is 2. The zero-order valence-electron chi connectivity index (χ0n) is 13.6. The summed E-state index contributed by atoms with van der Waals surface area (Å²) in [5.74, 6) is 0. The third-order valence-corrected chi connectivity index (χ3v) is 4.69. The van der Waals surface area contributed by atoms with Gasteiger partial charge in [0.25, 0.3) is 5.56 Å². The van der Waals surface area contributed by atoms with Gasteiger partial charge in [-0.3, -0.25) is 4.79 Å². The number of aromatic nitrogens is 1. The molecule has 2 heterocycles. The quantitative estimate of drug-likeness (QED) is 0.657. The highest BCUT2D eigenvalue weighted by Gasteiger charge is 2.31. The lowest BCUT2D eigenvalue weighted by molar-refractivity contribution is -0.138. The van der Waals surface area contributed by atoms with Crippen LogP contribution in [0.4, 0.5) is 13.2 Å². The molecule has 2 aromatic heterocycles. The van der Waals surface area contributed by atoms with Crippen molar-refractivity contribution in [1.82, 2.24) is 4.57 Å². The fourth-order valence-electron chi connectivity index (χ4n) is 3.43. The predicted molar refractivity (Wildman–Crippen MR) is 89.3 cm³/mol. The average molecular weight is 361 g/mol. The number of alkyl halides is 3. The van der Waals surface area contributed by atoms with Gasteiger partial charge in [0.2, 0.25) is 0 Å². The monoisotopic (exact) mass is 361 g/mol. The van der Waals surface area contributed by atoms with E-state index >= 15 is 0 Å². The van der Waals surface area contributed by atoms with Crippen molar-refractivity contribution in [2.75, 3.05) is 0 Å². The Morgan fingerprint density at radius 2 is 1.77 bits per heavy atom. The molecule has 0 fully saturated rings. The van der Waals surface area contributed by atoms with Crippen molar-refractivity contribution in [2.24, 2.45) is 0 Å². The highest BCUT2D eigenvalue weighted by atomic mass is 19.4. The Bertz CT molecular complexity index is 1130. The second-order valence-corrected chi connectivity index (χ2v) is 6.44. The Balaban J connectivity index is 1.86. The molecule has 0 atom stereocenters. The standard InChI is InChI=1S/C19H14F3NO3/c20-19(21,22)14-4-5-17(24)23(10-14)9-13-8-18(25)26-16-7-12-3-1-2-11(12)6-15(13)16/h4-8,10H,1-3,9H2. The highest BCUT2D eigenvalue weighted by Crippen LogP contribution is 2.30. The van der Waals surface area contributed by atoms with Crippen LogP contribution in [0, 0.1) is 0 Å². The molecular weight excluding hydrogens is 347 g/mol. The van der Waals surface area contributed by atoms with E-state index in [1.807, 2.05) is 12.1 Å². The highest BCUT2D eigenvalue weighted by molar-refractivity contribution is 5.82. The lowest BCUT2D eigenvalue weighted by atomic mass is 10.0. The van der Waals surface area contributed by atoms with Gasteiger partial charge in [-0.15, -0.1) is 0 Å². The predicted octanol–water partition coefficient (Wildman–Crippen LogP) is 3.51. The van der Waals surface area contributed by atoms with Crippen molar-refractivity contribution in [3.05, 3.63) is 79.6 Å². The Morgan fingerprint density at radius 3 is 2.50 bits per heavy atom. The van der Waals surface area contributed by atoms with Crippen molar-refractivity contribution in [3.8, 4) is 0 Å². The number of fused-ring (bicyclic) bond motifs is 2. The van der Waals surface area contributed by atoms with E-state index in [9.17, 15) is 22.8 Å². The van der Waals surface area contributed by atoms with E-state index in [0.717, 1.165) is 53.3 Å². The van der Waals surface area contributed by atoms with Crippen LogP contribution in [0.3, 0.4) is 0 Å². The van der Waals surface area contributed by atoms with E-state index in [4.69, 9.17) is 4.42 Å². The van der Waals surface area contributed by atoms with E-state index < -0.39 is 22.9 Å². The van der Waals surface area contributed by atoms with Crippen LogP contribution in [-0.4, -0.2) is 4.57 Å². The van der Waals surface area contributed by atoms with Gasteiger partial charge in [-0.2, -0.15) is 13.2 Å². The van der Waals surface area contributed by atoms with Crippen LogP contribution in [-0.2, 0) is 25.6 Å². The summed E-state index contributed by atoms with van der Waals surface area (Å²) in [5, 5.41) is 0.648. The van der Waals surface area contributed by atoms with Crippen molar-refractivity contribution in [1.29, 1.82) is 0 Å². The number of hydrogen-bond acceptors (Lipinski definition) is 3. The molecule has 1 aliphatic carbocycles. The van der Waals surface area contributed by atoms with Gasteiger partial charge in [0.05, 0.1) is 12.1 Å². The van der Waals surface area contributed by atoms with E-state index in [2.05, 4.69) is 0 Å². The van der Waals surface area contributed by atoms with Gasteiger partial charge in [-0.25, -0.2) is 4.79 Å². The summed E-state index contributed by atoms with van der Waals surface area (Å²) >= 11 is 0. The molecular formula is C19H14F3NO3. The first-order chi connectivity index (χ1) is 12.3. The molecule has 0 amide bonds. The molecule has 1 aliphatic rings. The van der Waals surface area contributed by atoms with E-state index in [-0.39, 0.29) is 6.54 Å². The smallest absolute Gasteiger partial charge is 0.417 e. The summed E-state index contributed by atoms with van der Waals surface area (Å²) < 4.78 is 45.0.